The number of ketones is 1. The first-order chi connectivity index (χ1) is 9.17. The standard InChI is InChI=1S/C15H17N3O/c1-3-11(2)14(19)10-18-13-7-5-4-6-12(13)17-15(18)8-9-16/h4-7,11H,3,8,10H2,1-2H3. The molecule has 2 aromatic rings. The highest BCUT2D eigenvalue weighted by Gasteiger charge is 2.16. The third-order valence-electron chi connectivity index (χ3n) is 3.45. The summed E-state index contributed by atoms with van der Waals surface area (Å²) in [4.78, 5) is 16.5. The van der Waals surface area contributed by atoms with Crippen LogP contribution >= 0.6 is 0 Å². The van der Waals surface area contributed by atoms with Gasteiger partial charge >= 0.3 is 0 Å². The molecule has 0 radical (unpaired) electrons. The molecule has 19 heavy (non-hydrogen) atoms. The summed E-state index contributed by atoms with van der Waals surface area (Å²) in [6.07, 6.45) is 1.06. The van der Waals surface area contributed by atoms with Crippen LogP contribution in [0, 0.1) is 17.2 Å². The Labute approximate surface area is 112 Å². The lowest BCUT2D eigenvalue weighted by Crippen LogP contribution is -2.18. The number of nitrogens with zero attached hydrogens (tertiary/aromatic N) is 3. The van der Waals surface area contributed by atoms with Crippen LogP contribution in [0.1, 0.15) is 26.1 Å². The van der Waals surface area contributed by atoms with Crippen molar-refractivity contribution >= 4 is 16.8 Å². The topological polar surface area (TPSA) is 58.7 Å². The van der Waals surface area contributed by atoms with Gasteiger partial charge in [-0.15, -0.1) is 0 Å². The summed E-state index contributed by atoms with van der Waals surface area (Å²) >= 11 is 0. The highest BCUT2D eigenvalue weighted by molar-refractivity contribution is 5.83. The van der Waals surface area contributed by atoms with E-state index >= 15 is 0 Å². The fourth-order valence-corrected chi connectivity index (χ4v) is 2.05. The summed E-state index contributed by atoms with van der Waals surface area (Å²) in [6.45, 7) is 4.24. The molecule has 0 aliphatic rings. The summed E-state index contributed by atoms with van der Waals surface area (Å²) < 4.78 is 1.87. The maximum absolute atomic E-state index is 12.1. The van der Waals surface area contributed by atoms with Crippen molar-refractivity contribution < 1.29 is 4.79 Å². The number of imidazole rings is 1. The van der Waals surface area contributed by atoms with Gasteiger partial charge in [0.15, 0.2) is 5.78 Å². The molecule has 0 aliphatic carbocycles. The zero-order valence-corrected chi connectivity index (χ0v) is 11.3. The molecule has 0 fully saturated rings. The van der Waals surface area contributed by atoms with Crippen molar-refractivity contribution in [2.24, 2.45) is 5.92 Å². The van der Waals surface area contributed by atoms with Crippen LogP contribution in [0.15, 0.2) is 24.3 Å². The molecule has 0 saturated carbocycles. The van der Waals surface area contributed by atoms with Gasteiger partial charge in [0.25, 0.3) is 0 Å². The first-order valence-electron chi connectivity index (χ1n) is 6.51. The van der Waals surface area contributed by atoms with Crippen LogP contribution in [0.4, 0.5) is 0 Å². The Kier molecular flexibility index (Phi) is 3.96. The molecule has 0 saturated heterocycles. The van der Waals surface area contributed by atoms with Crippen molar-refractivity contribution in [1.29, 1.82) is 5.26 Å². The van der Waals surface area contributed by atoms with Gasteiger partial charge in [0, 0.05) is 5.92 Å². The minimum atomic E-state index is 0.0381. The van der Waals surface area contributed by atoms with Gasteiger partial charge in [0.2, 0.25) is 0 Å². The lowest BCUT2D eigenvalue weighted by Gasteiger charge is -2.10. The maximum Gasteiger partial charge on any atom is 0.155 e. The van der Waals surface area contributed by atoms with Crippen LogP contribution in [0.3, 0.4) is 0 Å². The van der Waals surface area contributed by atoms with E-state index in [0.29, 0.717) is 12.4 Å². The Balaban J connectivity index is 2.42. The second kappa shape index (κ2) is 5.66. The van der Waals surface area contributed by atoms with E-state index in [0.717, 1.165) is 17.5 Å². The zero-order chi connectivity index (χ0) is 13.8. The number of carbonyl (C=O) groups is 1. The maximum atomic E-state index is 12.1. The number of hydrogen-bond acceptors (Lipinski definition) is 3. The number of carbonyl (C=O) groups excluding carboxylic acids is 1. The van der Waals surface area contributed by atoms with Crippen molar-refractivity contribution in [1.82, 2.24) is 9.55 Å². The van der Waals surface area contributed by atoms with Crippen LogP contribution in [0.2, 0.25) is 0 Å². The summed E-state index contributed by atoms with van der Waals surface area (Å²) in [7, 11) is 0. The minimum absolute atomic E-state index is 0.0381. The van der Waals surface area contributed by atoms with Crippen molar-refractivity contribution in [3.63, 3.8) is 0 Å². The van der Waals surface area contributed by atoms with Crippen LogP contribution in [0.5, 0.6) is 0 Å². The zero-order valence-electron chi connectivity index (χ0n) is 11.3. The Bertz CT molecular complexity index is 636. The molecule has 0 bridgehead atoms. The van der Waals surface area contributed by atoms with Gasteiger partial charge in [-0.2, -0.15) is 5.26 Å². The Morgan fingerprint density at radius 1 is 1.47 bits per heavy atom. The van der Waals surface area contributed by atoms with Crippen LogP contribution in [-0.4, -0.2) is 15.3 Å². The minimum Gasteiger partial charge on any atom is -0.320 e. The Morgan fingerprint density at radius 2 is 2.21 bits per heavy atom. The molecule has 98 valence electrons. The van der Waals surface area contributed by atoms with Gasteiger partial charge in [0.05, 0.1) is 30.1 Å². The number of Topliss-reactive ketones (excluding diaryl/α,β-unsaturated/α-hetero) is 1. The molecule has 1 aromatic heterocycles. The molecular weight excluding hydrogens is 238 g/mol. The average Bonchev–Trinajstić information content (AvgIpc) is 2.76. The number of aromatic nitrogens is 2. The number of benzene rings is 1. The molecule has 0 aliphatic heterocycles. The number of para-hydroxylation sites is 2. The fraction of sp³-hybridized carbons (Fsp3) is 0.400. The third-order valence-corrected chi connectivity index (χ3v) is 3.45. The van der Waals surface area contributed by atoms with Crippen LogP contribution in [-0.2, 0) is 17.8 Å². The molecule has 1 atom stereocenters. The van der Waals surface area contributed by atoms with Gasteiger partial charge in [-0.1, -0.05) is 26.0 Å². The van der Waals surface area contributed by atoms with E-state index in [4.69, 9.17) is 5.26 Å². The van der Waals surface area contributed by atoms with E-state index < -0.39 is 0 Å². The fourth-order valence-electron chi connectivity index (χ4n) is 2.05. The van der Waals surface area contributed by atoms with Crippen molar-refractivity contribution in [2.45, 2.75) is 33.2 Å². The van der Waals surface area contributed by atoms with Gasteiger partial charge in [-0.3, -0.25) is 4.79 Å². The smallest absolute Gasteiger partial charge is 0.155 e. The number of nitriles is 1. The number of rotatable bonds is 5. The Morgan fingerprint density at radius 3 is 2.89 bits per heavy atom. The van der Waals surface area contributed by atoms with E-state index in [9.17, 15) is 4.79 Å². The molecule has 0 amide bonds. The van der Waals surface area contributed by atoms with E-state index in [-0.39, 0.29) is 18.1 Å². The number of fused-ring (bicyclic) bond motifs is 1. The van der Waals surface area contributed by atoms with Crippen LogP contribution in [0.25, 0.3) is 11.0 Å². The third kappa shape index (κ3) is 2.65. The average molecular weight is 255 g/mol. The van der Waals surface area contributed by atoms with Gasteiger partial charge < -0.3 is 4.57 Å². The van der Waals surface area contributed by atoms with E-state index in [1.807, 2.05) is 42.7 Å². The van der Waals surface area contributed by atoms with E-state index in [2.05, 4.69) is 11.1 Å². The second-order valence-corrected chi connectivity index (χ2v) is 4.71. The molecule has 0 N–H and O–H groups in total. The van der Waals surface area contributed by atoms with Gasteiger partial charge in [-0.05, 0) is 18.6 Å². The highest BCUT2D eigenvalue weighted by Crippen LogP contribution is 2.17. The van der Waals surface area contributed by atoms with Crippen molar-refractivity contribution in [2.75, 3.05) is 0 Å². The van der Waals surface area contributed by atoms with Gasteiger partial charge in [-0.25, -0.2) is 4.98 Å². The monoisotopic (exact) mass is 255 g/mol. The molecule has 4 nitrogen and oxygen atoms in total. The molecule has 2 rings (SSSR count). The predicted molar refractivity (Wildman–Crippen MR) is 73.5 cm³/mol. The SMILES string of the molecule is CCC(C)C(=O)Cn1c(CC#N)nc2ccccc21. The molecule has 0 spiro atoms. The highest BCUT2D eigenvalue weighted by atomic mass is 16.1. The first-order valence-corrected chi connectivity index (χ1v) is 6.51. The predicted octanol–water partition coefficient (Wildman–Crippen LogP) is 2.72. The second-order valence-electron chi connectivity index (χ2n) is 4.71. The Hall–Kier alpha value is -2.15. The largest absolute Gasteiger partial charge is 0.320 e. The lowest BCUT2D eigenvalue weighted by atomic mass is 10.0. The summed E-state index contributed by atoms with van der Waals surface area (Å²) in [5, 5.41) is 8.87. The quantitative estimate of drug-likeness (QED) is 0.825. The van der Waals surface area contributed by atoms with E-state index in [1.54, 1.807) is 0 Å². The summed E-state index contributed by atoms with van der Waals surface area (Å²) in [5.41, 5.74) is 1.76. The molecule has 1 unspecified atom stereocenters. The summed E-state index contributed by atoms with van der Waals surface area (Å²) in [5.74, 6) is 0.890. The summed E-state index contributed by atoms with van der Waals surface area (Å²) in [6, 6.07) is 9.78. The van der Waals surface area contributed by atoms with Crippen LogP contribution < -0.4 is 0 Å². The number of hydrogen-bond donors (Lipinski definition) is 0. The van der Waals surface area contributed by atoms with Gasteiger partial charge in [0.1, 0.15) is 5.82 Å². The molecule has 4 heteroatoms. The first kappa shape index (κ1) is 13.3. The van der Waals surface area contributed by atoms with Crippen molar-refractivity contribution in [3.8, 4) is 6.07 Å². The molecule has 1 aromatic carbocycles. The normalized spacial score (nSPS) is 12.3. The molecular formula is C15H17N3O. The van der Waals surface area contributed by atoms with E-state index in [1.165, 1.54) is 0 Å². The van der Waals surface area contributed by atoms with Crippen molar-refractivity contribution in [3.05, 3.63) is 30.1 Å². The molecule has 1 heterocycles. The lowest BCUT2D eigenvalue weighted by molar-refractivity contribution is -0.123.